The molecule has 1 saturated carbocycles. The lowest BCUT2D eigenvalue weighted by atomic mass is 9.74. The van der Waals surface area contributed by atoms with Crippen molar-refractivity contribution in [3.8, 4) is 6.07 Å². The standard InChI is InChI=1S/C14H23N3O3/c1-2-17(10-6-9-15)13(20)16-11-14(12(18)19)7-4-3-5-8-14/h2-8,10-11H2,1H3,(H,16,20)(H,18,19). The second kappa shape index (κ2) is 7.73. The number of carboxylic acids is 1. The Morgan fingerprint density at radius 3 is 2.50 bits per heavy atom. The van der Waals surface area contributed by atoms with Gasteiger partial charge >= 0.3 is 12.0 Å². The number of nitriles is 1. The zero-order chi connectivity index (χ0) is 15.0. The van der Waals surface area contributed by atoms with Gasteiger partial charge in [0, 0.05) is 19.6 Å². The number of rotatable bonds is 6. The lowest BCUT2D eigenvalue weighted by Gasteiger charge is -2.34. The van der Waals surface area contributed by atoms with Crippen LogP contribution in [-0.4, -0.2) is 41.6 Å². The van der Waals surface area contributed by atoms with Gasteiger partial charge in [0.05, 0.1) is 17.9 Å². The molecule has 0 aromatic rings. The molecule has 2 amide bonds. The van der Waals surface area contributed by atoms with Gasteiger partial charge in [-0.2, -0.15) is 5.26 Å². The van der Waals surface area contributed by atoms with Gasteiger partial charge in [0.1, 0.15) is 0 Å². The number of hydrogen-bond donors (Lipinski definition) is 2. The zero-order valence-corrected chi connectivity index (χ0v) is 12.0. The van der Waals surface area contributed by atoms with Crippen LogP contribution in [0.1, 0.15) is 45.4 Å². The molecule has 0 bridgehead atoms. The van der Waals surface area contributed by atoms with Gasteiger partial charge in [-0.05, 0) is 19.8 Å². The number of nitrogens with zero attached hydrogens (tertiary/aromatic N) is 2. The predicted octanol–water partition coefficient (Wildman–Crippen LogP) is 1.97. The maximum Gasteiger partial charge on any atom is 0.317 e. The van der Waals surface area contributed by atoms with Gasteiger partial charge in [-0.15, -0.1) is 0 Å². The number of carboxylic acid groups (broad SMARTS) is 1. The Morgan fingerprint density at radius 2 is 2.00 bits per heavy atom. The van der Waals surface area contributed by atoms with E-state index in [0.717, 1.165) is 19.3 Å². The van der Waals surface area contributed by atoms with E-state index >= 15 is 0 Å². The van der Waals surface area contributed by atoms with Crippen molar-refractivity contribution >= 4 is 12.0 Å². The van der Waals surface area contributed by atoms with Crippen molar-refractivity contribution in [1.82, 2.24) is 10.2 Å². The van der Waals surface area contributed by atoms with E-state index in [2.05, 4.69) is 5.32 Å². The van der Waals surface area contributed by atoms with Gasteiger partial charge in [0.2, 0.25) is 0 Å². The average Bonchev–Trinajstić information content (AvgIpc) is 2.46. The summed E-state index contributed by atoms with van der Waals surface area (Å²) in [7, 11) is 0. The van der Waals surface area contributed by atoms with E-state index in [-0.39, 0.29) is 19.0 Å². The molecule has 1 aliphatic carbocycles. The van der Waals surface area contributed by atoms with Crippen LogP contribution in [-0.2, 0) is 4.79 Å². The first kappa shape index (κ1) is 16.3. The molecule has 1 rings (SSSR count). The number of amides is 2. The summed E-state index contributed by atoms with van der Waals surface area (Å²) in [6.07, 6.45) is 4.37. The summed E-state index contributed by atoms with van der Waals surface area (Å²) in [5.74, 6) is -0.822. The van der Waals surface area contributed by atoms with Crippen molar-refractivity contribution in [3.63, 3.8) is 0 Å². The van der Waals surface area contributed by atoms with Crippen molar-refractivity contribution in [2.75, 3.05) is 19.6 Å². The molecule has 0 spiro atoms. The molecule has 0 radical (unpaired) electrons. The monoisotopic (exact) mass is 281 g/mol. The number of urea groups is 1. The number of carbonyl (C=O) groups is 2. The average molecular weight is 281 g/mol. The number of hydrogen-bond acceptors (Lipinski definition) is 3. The summed E-state index contributed by atoms with van der Waals surface area (Å²) in [4.78, 5) is 25.0. The molecule has 1 aliphatic rings. The maximum absolute atomic E-state index is 12.0. The van der Waals surface area contributed by atoms with Gasteiger partial charge in [-0.1, -0.05) is 19.3 Å². The van der Waals surface area contributed by atoms with Crippen LogP contribution in [0.3, 0.4) is 0 Å². The molecule has 0 unspecified atom stereocenters. The first-order valence-corrected chi connectivity index (χ1v) is 7.19. The Bertz CT molecular complexity index is 384. The smallest absolute Gasteiger partial charge is 0.317 e. The summed E-state index contributed by atoms with van der Waals surface area (Å²) >= 11 is 0. The molecule has 0 saturated heterocycles. The number of carbonyl (C=O) groups excluding carboxylic acids is 1. The Morgan fingerprint density at radius 1 is 1.35 bits per heavy atom. The second-order valence-corrected chi connectivity index (χ2v) is 5.29. The molecule has 20 heavy (non-hydrogen) atoms. The van der Waals surface area contributed by atoms with E-state index in [1.807, 2.05) is 13.0 Å². The van der Waals surface area contributed by atoms with E-state index in [0.29, 0.717) is 25.9 Å². The van der Waals surface area contributed by atoms with Crippen LogP contribution in [0.15, 0.2) is 0 Å². The van der Waals surface area contributed by atoms with Crippen LogP contribution in [0, 0.1) is 16.7 Å². The number of aliphatic carboxylic acids is 1. The highest BCUT2D eigenvalue weighted by atomic mass is 16.4. The molecule has 6 heteroatoms. The minimum Gasteiger partial charge on any atom is -0.481 e. The lowest BCUT2D eigenvalue weighted by molar-refractivity contribution is -0.150. The van der Waals surface area contributed by atoms with E-state index < -0.39 is 11.4 Å². The van der Waals surface area contributed by atoms with Crippen molar-refractivity contribution in [2.24, 2.45) is 5.41 Å². The Balaban J connectivity index is 2.56. The van der Waals surface area contributed by atoms with Crippen LogP contribution in [0.4, 0.5) is 4.79 Å². The lowest BCUT2D eigenvalue weighted by Crippen LogP contribution is -2.48. The van der Waals surface area contributed by atoms with E-state index in [4.69, 9.17) is 5.26 Å². The van der Waals surface area contributed by atoms with Crippen LogP contribution in [0.25, 0.3) is 0 Å². The quantitative estimate of drug-likeness (QED) is 0.778. The van der Waals surface area contributed by atoms with Crippen molar-refractivity contribution in [1.29, 1.82) is 5.26 Å². The van der Waals surface area contributed by atoms with Crippen molar-refractivity contribution in [2.45, 2.75) is 45.4 Å². The Hall–Kier alpha value is -1.77. The fraction of sp³-hybridized carbons (Fsp3) is 0.786. The van der Waals surface area contributed by atoms with Crippen LogP contribution < -0.4 is 5.32 Å². The molecule has 112 valence electrons. The summed E-state index contributed by atoms with van der Waals surface area (Å²) in [6, 6.07) is 1.72. The summed E-state index contributed by atoms with van der Waals surface area (Å²) in [5.41, 5.74) is -0.817. The fourth-order valence-electron chi connectivity index (χ4n) is 2.64. The van der Waals surface area contributed by atoms with Gasteiger partial charge in [0.25, 0.3) is 0 Å². The van der Waals surface area contributed by atoms with Crippen LogP contribution in [0.2, 0.25) is 0 Å². The highest BCUT2D eigenvalue weighted by molar-refractivity contribution is 5.78. The first-order valence-electron chi connectivity index (χ1n) is 7.19. The van der Waals surface area contributed by atoms with Crippen molar-refractivity contribution < 1.29 is 14.7 Å². The van der Waals surface area contributed by atoms with Crippen LogP contribution in [0.5, 0.6) is 0 Å². The Kier molecular flexibility index (Phi) is 6.29. The SMILES string of the molecule is CCN(CCC#N)C(=O)NCC1(C(=O)O)CCCCC1. The maximum atomic E-state index is 12.0. The largest absolute Gasteiger partial charge is 0.481 e. The van der Waals surface area contributed by atoms with Gasteiger partial charge in [0.15, 0.2) is 0 Å². The molecule has 0 aromatic heterocycles. The van der Waals surface area contributed by atoms with E-state index in [9.17, 15) is 14.7 Å². The minimum atomic E-state index is -0.822. The number of nitrogens with one attached hydrogen (secondary N) is 1. The molecule has 1 fully saturated rings. The molecule has 0 atom stereocenters. The van der Waals surface area contributed by atoms with E-state index in [1.54, 1.807) is 0 Å². The topological polar surface area (TPSA) is 93.4 Å². The molecule has 0 aromatic carbocycles. The third-order valence-electron chi connectivity index (χ3n) is 4.00. The molecular weight excluding hydrogens is 258 g/mol. The molecule has 0 aliphatic heterocycles. The van der Waals surface area contributed by atoms with Gasteiger partial charge < -0.3 is 15.3 Å². The zero-order valence-electron chi connectivity index (χ0n) is 12.0. The molecule has 6 nitrogen and oxygen atoms in total. The van der Waals surface area contributed by atoms with Gasteiger partial charge in [-0.25, -0.2) is 4.79 Å². The van der Waals surface area contributed by atoms with Crippen LogP contribution >= 0.6 is 0 Å². The normalized spacial score (nSPS) is 17.0. The minimum absolute atomic E-state index is 0.171. The van der Waals surface area contributed by atoms with Crippen molar-refractivity contribution in [3.05, 3.63) is 0 Å². The highest BCUT2D eigenvalue weighted by Crippen LogP contribution is 2.36. The summed E-state index contributed by atoms with van der Waals surface area (Å²) in [5, 5.41) is 20.7. The summed E-state index contributed by atoms with van der Waals surface area (Å²) in [6.45, 7) is 2.89. The Labute approximate surface area is 119 Å². The van der Waals surface area contributed by atoms with Gasteiger partial charge in [-0.3, -0.25) is 4.79 Å². The highest BCUT2D eigenvalue weighted by Gasteiger charge is 2.40. The second-order valence-electron chi connectivity index (χ2n) is 5.29. The molecule has 0 heterocycles. The third kappa shape index (κ3) is 4.12. The summed E-state index contributed by atoms with van der Waals surface area (Å²) < 4.78 is 0. The first-order chi connectivity index (χ1) is 9.55. The predicted molar refractivity (Wildman–Crippen MR) is 74.0 cm³/mol. The molecular formula is C14H23N3O3. The fourth-order valence-corrected chi connectivity index (χ4v) is 2.64. The third-order valence-corrected chi connectivity index (χ3v) is 4.00. The molecule has 2 N–H and O–H groups in total. The van der Waals surface area contributed by atoms with E-state index in [1.165, 1.54) is 4.90 Å².